The molecular weight excluding hydrogens is 394 g/mol. The number of para-hydroxylation sites is 2. The van der Waals surface area contributed by atoms with Crippen molar-refractivity contribution < 1.29 is 18.1 Å². The lowest BCUT2D eigenvalue weighted by molar-refractivity contribution is -0.385. The molecule has 144 valence electrons. The number of nitrogens with one attached hydrogen (secondary N) is 1. The smallest absolute Gasteiger partial charge is 0.275 e. The van der Waals surface area contributed by atoms with Crippen molar-refractivity contribution in [3.05, 3.63) is 57.1 Å². The van der Waals surface area contributed by atoms with Gasteiger partial charge in [-0.2, -0.15) is 0 Å². The summed E-state index contributed by atoms with van der Waals surface area (Å²) in [6.45, 7) is 3.86. The lowest BCUT2D eigenvalue weighted by atomic mass is 10.2. The lowest BCUT2D eigenvalue weighted by Crippen LogP contribution is -2.36. The number of nitrogens with zero attached hydrogens (tertiary/aromatic N) is 2. The predicted molar refractivity (Wildman–Crippen MR) is 103 cm³/mol. The molecule has 0 amide bonds. The van der Waals surface area contributed by atoms with Crippen LogP contribution >= 0.6 is 11.6 Å². The summed E-state index contributed by atoms with van der Waals surface area (Å²) in [5, 5.41) is 11.2. The van der Waals surface area contributed by atoms with Crippen LogP contribution in [0.4, 0.5) is 17.1 Å². The molecule has 1 N–H and O–H groups in total. The van der Waals surface area contributed by atoms with E-state index >= 15 is 0 Å². The van der Waals surface area contributed by atoms with E-state index in [1.54, 1.807) is 12.1 Å². The summed E-state index contributed by atoms with van der Waals surface area (Å²) < 4.78 is 33.5. The molecule has 0 aliphatic carbocycles. The number of nitro groups is 1. The molecule has 1 saturated heterocycles. The lowest BCUT2D eigenvalue weighted by Gasteiger charge is -2.30. The molecular formula is C17H18ClN3O5S. The Balaban J connectivity index is 1.97. The van der Waals surface area contributed by atoms with Crippen LogP contribution in [0.2, 0.25) is 5.02 Å². The van der Waals surface area contributed by atoms with Gasteiger partial charge >= 0.3 is 0 Å². The van der Waals surface area contributed by atoms with Gasteiger partial charge in [-0.15, -0.1) is 0 Å². The standard InChI is InChI=1S/C17H18ClN3O5S/c1-12-14(18)10-13(11-17(12)21(22)23)27(24,25)19-15-4-2-3-5-16(15)20-6-8-26-9-7-20/h2-5,10-11,19H,6-9H2,1H3. The van der Waals surface area contributed by atoms with Gasteiger partial charge in [0, 0.05) is 24.7 Å². The Labute approximate surface area is 161 Å². The normalized spacial score (nSPS) is 14.8. The van der Waals surface area contributed by atoms with E-state index in [-0.39, 0.29) is 21.2 Å². The van der Waals surface area contributed by atoms with Gasteiger partial charge in [0.15, 0.2) is 0 Å². The first-order valence-electron chi connectivity index (χ1n) is 8.18. The van der Waals surface area contributed by atoms with Crippen LogP contribution in [-0.4, -0.2) is 39.6 Å². The van der Waals surface area contributed by atoms with Crippen molar-refractivity contribution in [3.63, 3.8) is 0 Å². The first kappa shape index (κ1) is 19.4. The Kier molecular flexibility index (Phi) is 5.54. The summed E-state index contributed by atoms with van der Waals surface area (Å²) in [4.78, 5) is 12.3. The zero-order valence-electron chi connectivity index (χ0n) is 14.5. The minimum Gasteiger partial charge on any atom is -0.378 e. The predicted octanol–water partition coefficient (Wildman–Crippen LogP) is 3.19. The topological polar surface area (TPSA) is 102 Å². The fourth-order valence-corrected chi connectivity index (χ4v) is 4.23. The Hall–Kier alpha value is -2.36. The SMILES string of the molecule is Cc1c(Cl)cc(S(=O)(=O)Nc2ccccc2N2CCOCC2)cc1[N+](=O)[O-]. The maximum atomic E-state index is 12.8. The quantitative estimate of drug-likeness (QED) is 0.598. The second-order valence-electron chi connectivity index (χ2n) is 6.03. The molecule has 0 atom stereocenters. The molecule has 8 nitrogen and oxygen atoms in total. The van der Waals surface area contributed by atoms with Crippen molar-refractivity contribution in [2.24, 2.45) is 0 Å². The second-order valence-corrected chi connectivity index (χ2v) is 8.12. The highest BCUT2D eigenvalue weighted by Gasteiger charge is 2.24. The van der Waals surface area contributed by atoms with Crippen LogP contribution < -0.4 is 9.62 Å². The number of morpholine rings is 1. The highest BCUT2D eigenvalue weighted by molar-refractivity contribution is 7.92. The number of anilines is 2. The van der Waals surface area contributed by atoms with E-state index in [4.69, 9.17) is 16.3 Å². The van der Waals surface area contributed by atoms with E-state index in [0.29, 0.717) is 32.0 Å². The number of sulfonamides is 1. The third-order valence-corrected chi connectivity index (χ3v) is 6.04. The molecule has 2 aromatic rings. The molecule has 1 aliphatic heterocycles. The van der Waals surface area contributed by atoms with Gasteiger partial charge in [0.25, 0.3) is 15.7 Å². The molecule has 10 heteroatoms. The number of hydrogen-bond acceptors (Lipinski definition) is 6. The number of nitro benzene ring substituents is 1. The van der Waals surface area contributed by atoms with E-state index < -0.39 is 14.9 Å². The van der Waals surface area contributed by atoms with Crippen molar-refractivity contribution in [3.8, 4) is 0 Å². The molecule has 0 unspecified atom stereocenters. The van der Waals surface area contributed by atoms with Crippen LogP contribution in [-0.2, 0) is 14.8 Å². The van der Waals surface area contributed by atoms with Gasteiger partial charge in [0.2, 0.25) is 0 Å². The number of ether oxygens (including phenoxy) is 1. The minimum atomic E-state index is -4.07. The summed E-state index contributed by atoms with van der Waals surface area (Å²) in [6, 6.07) is 9.22. The van der Waals surface area contributed by atoms with Gasteiger partial charge in [0.05, 0.1) is 39.4 Å². The number of hydrogen-bond donors (Lipinski definition) is 1. The van der Waals surface area contributed by atoms with Crippen molar-refractivity contribution >= 4 is 38.7 Å². The van der Waals surface area contributed by atoms with Crippen LogP contribution in [0.3, 0.4) is 0 Å². The minimum absolute atomic E-state index is 0.0195. The monoisotopic (exact) mass is 411 g/mol. The summed E-state index contributed by atoms with van der Waals surface area (Å²) in [6.07, 6.45) is 0. The van der Waals surface area contributed by atoms with Crippen molar-refractivity contribution in [1.29, 1.82) is 0 Å². The molecule has 1 heterocycles. The number of rotatable bonds is 5. The third-order valence-electron chi connectivity index (χ3n) is 4.30. The Bertz CT molecular complexity index is 975. The zero-order valence-corrected chi connectivity index (χ0v) is 16.1. The first-order chi connectivity index (χ1) is 12.8. The van der Waals surface area contributed by atoms with Gasteiger partial charge in [-0.1, -0.05) is 23.7 Å². The molecule has 0 aromatic heterocycles. The molecule has 3 rings (SSSR count). The van der Waals surface area contributed by atoms with E-state index in [9.17, 15) is 18.5 Å². The maximum Gasteiger partial charge on any atom is 0.275 e. The first-order valence-corrected chi connectivity index (χ1v) is 10.0. The summed E-state index contributed by atoms with van der Waals surface area (Å²) in [5.74, 6) is 0. The maximum absolute atomic E-state index is 12.8. The van der Waals surface area contributed by atoms with Crippen LogP contribution in [0.15, 0.2) is 41.3 Å². The van der Waals surface area contributed by atoms with Gasteiger partial charge in [-0.25, -0.2) is 8.42 Å². The molecule has 0 saturated carbocycles. The molecule has 0 spiro atoms. The van der Waals surface area contributed by atoms with Gasteiger partial charge in [-0.05, 0) is 25.1 Å². The summed E-state index contributed by atoms with van der Waals surface area (Å²) in [7, 11) is -4.07. The Morgan fingerprint density at radius 3 is 2.56 bits per heavy atom. The third kappa shape index (κ3) is 4.15. The largest absolute Gasteiger partial charge is 0.378 e. The Morgan fingerprint density at radius 1 is 1.22 bits per heavy atom. The number of halogens is 1. The summed E-state index contributed by atoms with van der Waals surface area (Å²) in [5.41, 5.74) is 0.981. The van der Waals surface area contributed by atoms with E-state index in [1.807, 2.05) is 17.0 Å². The average molecular weight is 412 g/mol. The van der Waals surface area contributed by atoms with Crippen LogP contribution in [0, 0.1) is 17.0 Å². The highest BCUT2D eigenvalue weighted by Crippen LogP contribution is 2.32. The van der Waals surface area contributed by atoms with E-state index in [1.165, 1.54) is 13.0 Å². The molecule has 0 bridgehead atoms. The van der Waals surface area contributed by atoms with Gasteiger partial charge in [0.1, 0.15) is 0 Å². The number of benzene rings is 2. The average Bonchev–Trinajstić information content (AvgIpc) is 2.64. The fourth-order valence-electron chi connectivity index (χ4n) is 2.83. The van der Waals surface area contributed by atoms with E-state index in [2.05, 4.69) is 4.72 Å². The van der Waals surface area contributed by atoms with Crippen molar-refractivity contribution in [2.75, 3.05) is 35.9 Å². The second kappa shape index (κ2) is 7.71. The van der Waals surface area contributed by atoms with Crippen LogP contribution in [0.25, 0.3) is 0 Å². The summed E-state index contributed by atoms with van der Waals surface area (Å²) >= 11 is 6.01. The van der Waals surface area contributed by atoms with E-state index in [0.717, 1.165) is 11.8 Å². The van der Waals surface area contributed by atoms with Crippen LogP contribution in [0.1, 0.15) is 5.56 Å². The Morgan fingerprint density at radius 2 is 1.89 bits per heavy atom. The fraction of sp³-hybridized carbons (Fsp3) is 0.294. The van der Waals surface area contributed by atoms with Crippen molar-refractivity contribution in [2.45, 2.75) is 11.8 Å². The highest BCUT2D eigenvalue weighted by atomic mass is 35.5. The molecule has 0 radical (unpaired) electrons. The molecule has 1 fully saturated rings. The van der Waals surface area contributed by atoms with Crippen molar-refractivity contribution in [1.82, 2.24) is 0 Å². The van der Waals surface area contributed by atoms with Gasteiger partial charge < -0.3 is 9.64 Å². The molecule has 27 heavy (non-hydrogen) atoms. The molecule has 1 aliphatic rings. The van der Waals surface area contributed by atoms with Crippen LogP contribution in [0.5, 0.6) is 0 Å². The molecule has 2 aromatic carbocycles. The zero-order chi connectivity index (χ0) is 19.6. The van der Waals surface area contributed by atoms with Gasteiger partial charge in [-0.3, -0.25) is 14.8 Å².